The number of carbonyl (C=O) groups excluding carboxylic acids is 1. The van der Waals surface area contributed by atoms with Crippen molar-refractivity contribution in [2.24, 2.45) is 0 Å². The van der Waals surface area contributed by atoms with Gasteiger partial charge in [-0.3, -0.25) is 4.79 Å². The number of fused-ring (bicyclic) bond motifs is 1. The van der Waals surface area contributed by atoms with Gasteiger partial charge in [0.1, 0.15) is 11.5 Å². The molecule has 8 heteroatoms. The molecule has 0 spiro atoms. The summed E-state index contributed by atoms with van der Waals surface area (Å²) in [7, 11) is 0. The molecule has 0 unspecified atom stereocenters. The SMILES string of the molecule is O=C(c1ccc2nnnn2c1)N(Cc1ccc(O)cc1)Cc1ccco1. The molecule has 0 saturated heterocycles. The average Bonchev–Trinajstić information content (AvgIpc) is 3.33. The lowest BCUT2D eigenvalue weighted by atomic mass is 10.1. The van der Waals surface area contributed by atoms with Gasteiger partial charge in [-0.2, -0.15) is 4.52 Å². The topological polar surface area (TPSA) is 96.8 Å². The van der Waals surface area contributed by atoms with E-state index < -0.39 is 0 Å². The Labute approximate surface area is 148 Å². The highest BCUT2D eigenvalue weighted by Crippen LogP contribution is 2.17. The normalized spacial score (nSPS) is 10.9. The minimum atomic E-state index is -0.174. The maximum atomic E-state index is 13.1. The highest BCUT2D eigenvalue weighted by Gasteiger charge is 2.19. The molecule has 0 radical (unpaired) electrons. The summed E-state index contributed by atoms with van der Waals surface area (Å²) in [6.07, 6.45) is 3.18. The highest BCUT2D eigenvalue weighted by molar-refractivity contribution is 5.94. The van der Waals surface area contributed by atoms with Gasteiger partial charge >= 0.3 is 0 Å². The van der Waals surface area contributed by atoms with Crippen LogP contribution in [0.4, 0.5) is 0 Å². The number of hydrogen-bond acceptors (Lipinski definition) is 6. The smallest absolute Gasteiger partial charge is 0.256 e. The molecule has 0 atom stereocenters. The molecule has 0 saturated carbocycles. The van der Waals surface area contributed by atoms with Crippen molar-refractivity contribution in [3.8, 4) is 5.75 Å². The molecule has 0 aliphatic heterocycles. The van der Waals surface area contributed by atoms with Crippen molar-refractivity contribution in [2.75, 3.05) is 0 Å². The lowest BCUT2D eigenvalue weighted by molar-refractivity contribution is 0.0717. The van der Waals surface area contributed by atoms with Crippen molar-refractivity contribution >= 4 is 11.6 Å². The van der Waals surface area contributed by atoms with E-state index in [1.54, 1.807) is 59.8 Å². The molecule has 4 aromatic rings. The third-order valence-corrected chi connectivity index (χ3v) is 3.96. The number of hydrogen-bond donors (Lipinski definition) is 1. The van der Waals surface area contributed by atoms with Gasteiger partial charge in [-0.25, -0.2) is 0 Å². The monoisotopic (exact) mass is 349 g/mol. The molecule has 26 heavy (non-hydrogen) atoms. The molecule has 0 aliphatic carbocycles. The van der Waals surface area contributed by atoms with E-state index in [1.165, 1.54) is 4.52 Å². The Balaban J connectivity index is 1.63. The number of aromatic hydroxyl groups is 1. The Morgan fingerprint density at radius 2 is 1.96 bits per heavy atom. The van der Waals surface area contributed by atoms with Crippen molar-refractivity contribution < 1.29 is 14.3 Å². The summed E-state index contributed by atoms with van der Waals surface area (Å²) in [5, 5.41) is 20.7. The molecular formula is C18H15N5O3. The van der Waals surface area contributed by atoms with E-state index in [4.69, 9.17) is 4.42 Å². The van der Waals surface area contributed by atoms with Crippen LogP contribution < -0.4 is 0 Å². The molecular weight excluding hydrogens is 334 g/mol. The first-order chi connectivity index (χ1) is 12.7. The van der Waals surface area contributed by atoms with Crippen molar-refractivity contribution in [1.82, 2.24) is 24.9 Å². The predicted molar refractivity (Wildman–Crippen MR) is 91.2 cm³/mol. The number of furan rings is 1. The van der Waals surface area contributed by atoms with Crippen molar-refractivity contribution in [3.63, 3.8) is 0 Å². The quantitative estimate of drug-likeness (QED) is 0.594. The minimum Gasteiger partial charge on any atom is -0.508 e. The van der Waals surface area contributed by atoms with E-state index in [-0.39, 0.29) is 11.7 Å². The van der Waals surface area contributed by atoms with Gasteiger partial charge in [-0.1, -0.05) is 12.1 Å². The second kappa shape index (κ2) is 6.67. The molecule has 8 nitrogen and oxygen atoms in total. The second-order valence-corrected chi connectivity index (χ2v) is 5.81. The summed E-state index contributed by atoms with van der Waals surface area (Å²) in [6, 6.07) is 13.7. The molecule has 1 amide bonds. The Morgan fingerprint density at radius 3 is 2.73 bits per heavy atom. The standard InChI is InChI=1S/C18H15N5O3/c24-15-6-3-13(4-7-15)10-22(12-16-2-1-9-26-16)18(25)14-5-8-17-19-20-21-23(17)11-14/h1-9,11,24H,10,12H2. The third kappa shape index (κ3) is 3.25. The predicted octanol–water partition coefficient (Wildman–Crippen LogP) is 2.27. The van der Waals surface area contributed by atoms with Crippen LogP contribution in [-0.4, -0.2) is 36.0 Å². The van der Waals surface area contributed by atoms with Crippen LogP contribution >= 0.6 is 0 Å². The molecule has 130 valence electrons. The minimum absolute atomic E-state index is 0.174. The van der Waals surface area contributed by atoms with Gasteiger partial charge in [-0.15, -0.1) is 5.10 Å². The Morgan fingerprint density at radius 1 is 1.12 bits per heavy atom. The number of phenolic OH excluding ortho intramolecular Hbond substituents is 1. The van der Waals surface area contributed by atoms with Crippen LogP contribution in [0.25, 0.3) is 5.65 Å². The van der Waals surface area contributed by atoms with Gasteiger partial charge in [0, 0.05) is 12.7 Å². The van der Waals surface area contributed by atoms with E-state index in [2.05, 4.69) is 15.5 Å². The molecule has 4 rings (SSSR count). The fourth-order valence-electron chi connectivity index (χ4n) is 2.66. The Hall–Kier alpha value is -3.68. The first-order valence-corrected chi connectivity index (χ1v) is 7.96. The first-order valence-electron chi connectivity index (χ1n) is 7.96. The van der Waals surface area contributed by atoms with E-state index in [9.17, 15) is 9.90 Å². The molecule has 0 fully saturated rings. The fourth-order valence-corrected chi connectivity index (χ4v) is 2.66. The highest BCUT2D eigenvalue weighted by atomic mass is 16.3. The summed E-state index contributed by atoms with van der Waals surface area (Å²) in [6.45, 7) is 0.688. The number of benzene rings is 1. The maximum Gasteiger partial charge on any atom is 0.256 e. The third-order valence-electron chi connectivity index (χ3n) is 3.96. The number of phenols is 1. The lowest BCUT2D eigenvalue weighted by Gasteiger charge is -2.22. The van der Waals surface area contributed by atoms with E-state index >= 15 is 0 Å². The molecule has 3 heterocycles. The Bertz CT molecular complexity index is 1020. The summed E-state index contributed by atoms with van der Waals surface area (Å²) in [4.78, 5) is 14.7. The summed E-state index contributed by atoms with van der Waals surface area (Å²) >= 11 is 0. The van der Waals surface area contributed by atoms with E-state index in [0.717, 1.165) is 5.56 Å². The second-order valence-electron chi connectivity index (χ2n) is 5.81. The van der Waals surface area contributed by atoms with Crippen LogP contribution in [0.1, 0.15) is 21.7 Å². The van der Waals surface area contributed by atoms with Crippen molar-refractivity contribution in [3.05, 3.63) is 77.9 Å². The number of carbonyl (C=O) groups is 1. The molecule has 0 bridgehead atoms. The zero-order valence-electron chi connectivity index (χ0n) is 13.7. The number of tetrazole rings is 1. The van der Waals surface area contributed by atoms with Crippen molar-refractivity contribution in [2.45, 2.75) is 13.1 Å². The Kier molecular flexibility index (Phi) is 4.06. The summed E-state index contributed by atoms with van der Waals surface area (Å²) < 4.78 is 6.85. The largest absolute Gasteiger partial charge is 0.508 e. The summed E-state index contributed by atoms with van der Waals surface area (Å²) in [5.41, 5.74) is 1.93. The zero-order valence-corrected chi connectivity index (χ0v) is 13.7. The zero-order chi connectivity index (χ0) is 17.9. The van der Waals surface area contributed by atoms with Gasteiger partial charge in [0.15, 0.2) is 5.65 Å². The summed E-state index contributed by atoms with van der Waals surface area (Å²) in [5.74, 6) is 0.689. The van der Waals surface area contributed by atoms with Crippen LogP contribution in [0, 0.1) is 0 Å². The molecule has 3 aromatic heterocycles. The van der Waals surface area contributed by atoms with Crippen LogP contribution in [-0.2, 0) is 13.1 Å². The lowest BCUT2D eigenvalue weighted by Crippen LogP contribution is -2.30. The number of aromatic nitrogens is 4. The first kappa shape index (κ1) is 15.8. The van der Waals surface area contributed by atoms with Gasteiger partial charge in [0.05, 0.1) is 18.4 Å². The van der Waals surface area contributed by atoms with Gasteiger partial charge in [0.25, 0.3) is 5.91 Å². The van der Waals surface area contributed by atoms with Gasteiger partial charge in [-0.05, 0) is 52.4 Å². The van der Waals surface area contributed by atoms with Crippen LogP contribution in [0.2, 0.25) is 0 Å². The van der Waals surface area contributed by atoms with Crippen LogP contribution in [0.3, 0.4) is 0 Å². The van der Waals surface area contributed by atoms with Gasteiger partial charge in [0.2, 0.25) is 0 Å². The van der Waals surface area contributed by atoms with Crippen LogP contribution in [0.5, 0.6) is 5.75 Å². The van der Waals surface area contributed by atoms with E-state index in [0.29, 0.717) is 30.1 Å². The molecule has 0 aliphatic rings. The number of pyridine rings is 1. The maximum absolute atomic E-state index is 13.1. The number of rotatable bonds is 5. The average molecular weight is 349 g/mol. The van der Waals surface area contributed by atoms with Gasteiger partial charge < -0.3 is 14.4 Å². The van der Waals surface area contributed by atoms with E-state index in [1.807, 2.05) is 6.07 Å². The van der Waals surface area contributed by atoms with Crippen LogP contribution in [0.15, 0.2) is 65.4 Å². The number of nitrogens with zero attached hydrogens (tertiary/aromatic N) is 5. The fraction of sp³-hybridized carbons (Fsp3) is 0.111. The number of amides is 1. The molecule has 1 N–H and O–H groups in total. The molecule has 1 aromatic carbocycles. The van der Waals surface area contributed by atoms with Crippen molar-refractivity contribution in [1.29, 1.82) is 0 Å².